The summed E-state index contributed by atoms with van der Waals surface area (Å²) in [7, 11) is -4.14. The molecule has 0 spiro atoms. The van der Waals surface area contributed by atoms with E-state index in [2.05, 4.69) is 19.5 Å². The van der Waals surface area contributed by atoms with E-state index in [0.717, 1.165) is 24.3 Å². The Labute approximate surface area is 179 Å². The number of benzene rings is 1. The first-order chi connectivity index (χ1) is 14.6. The Bertz CT molecular complexity index is 1340. The molecule has 12 heteroatoms. The highest BCUT2D eigenvalue weighted by Gasteiger charge is 2.31. The highest BCUT2D eigenvalue weighted by Crippen LogP contribution is 2.29. The van der Waals surface area contributed by atoms with Gasteiger partial charge >= 0.3 is 6.36 Å². The standard InChI is InChI=1S/C19H12ClF3N4O3S/c20-15-7-8-18(27-17(15)10-16(25-27)12-2-1-9-24-11-12)26-31(28,29)14-5-3-13(4-6-14)30-19(21,22)23/h1-11,26H. The summed E-state index contributed by atoms with van der Waals surface area (Å²) < 4.78 is 69.8. The number of nitrogens with one attached hydrogen (secondary N) is 1. The lowest BCUT2D eigenvalue weighted by molar-refractivity contribution is -0.274. The van der Waals surface area contributed by atoms with Crippen molar-refractivity contribution in [1.82, 2.24) is 14.6 Å². The zero-order valence-electron chi connectivity index (χ0n) is 15.3. The molecule has 0 bridgehead atoms. The summed E-state index contributed by atoms with van der Waals surface area (Å²) >= 11 is 6.23. The zero-order chi connectivity index (χ0) is 22.2. The Morgan fingerprint density at radius 3 is 2.45 bits per heavy atom. The Hall–Kier alpha value is -3.31. The van der Waals surface area contributed by atoms with Crippen LogP contribution in [0.2, 0.25) is 5.02 Å². The minimum absolute atomic E-state index is 0.0881. The maximum atomic E-state index is 12.7. The molecule has 3 heterocycles. The van der Waals surface area contributed by atoms with Gasteiger partial charge in [-0.3, -0.25) is 9.71 Å². The predicted molar refractivity (Wildman–Crippen MR) is 107 cm³/mol. The van der Waals surface area contributed by atoms with Gasteiger partial charge in [0.15, 0.2) is 0 Å². The molecule has 0 saturated heterocycles. The molecule has 1 N–H and O–H groups in total. The van der Waals surface area contributed by atoms with Crippen molar-refractivity contribution in [2.75, 3.05) is 4.72 Å². The summed E-state index contributed by atoms with van der Waals surface area (Å²) in [6, 6.07) is 12.0. The van der Waals surface area contributed by atoms with E-state index in [-0.39, 0.29) is 10.7 Å². The molecule has 0 aliphatic carbocycles. The van der Waals surface area contributed by atoms with E-state index in [9.17, 15) is 21.6 Å². The first kappa shape index (κ1) is 20.9. The lowest BCUT2D eigenvalue weighted by atomic mass is 10.2. The third-order valence-corrected chi connectivity index (χ3v) is 5.82. The van der Waals surface area contributed by atoms with Gasteiger partial charge in [0, 0.05) is 18.0 Å². The Balaban J connectivity index is 1.67. The molecule has 0 fully saturated rings. The largest absolute Gasteiger partial charge is 0.573 e. The van der Waals surface area contributed by atoms with Crippen molar-refractivity contribution < 1.29 is 26.3 Å². The molecular formula is C19H12ClF3N4O3S. The first-order valence-corrected chi connectivity index (χ1v) is 10.5. The van der Waals surface area contributed by atoms with Crippen LogP contribution >= 0.6 is 11.6 Å². The van der Waals surface area contributed by atoms with Gasteiger partial charge in [-0.2, -0.15) is 5.10 Å². The number of fused-ring (bicyclic) bond motifs is 1. The molecule has 0 aliphatic heterocycles. The second-order valence-corrected chi connectivity index (χ2v) is 8.35. The van der Waals surface area contributed by atoms with Gasteiger partial charge in [-0.15, -0.1) is 13.2 Å². The quantitative estimate of drug-likeness (QED) is 0.457. The second kappa shape index (κ2) is 7.75. The number of ether oxygens (including phenoxy) is 1. The lowest BCUT2D eigenvalue weighted by Crippen LogP contribution is -2.18. The number of nitrogens with zero attached hydrogens (tertiary/aromatic N) is 3. The van der Waals surface area contributed by atoms with E-state index in [0.29, 0.717) is 21.8 Å². The van der Waals surface area contributed by atoms with Crippen LogP contribution in [0.4, 0.5) is 19.0 Å². The average Bonchev–Trinajstić information content (AvgIpc) is 3.17. The minimum atomic E-state index is -4.88. The summed E-state index contributed by atoms with van der Waals surface area (Å²) in [6.07, 6.45) is -1.67. The minimum Gasteiger partial charge on any atom is -0.406 e. The van der Waals surface area contributed by atoms with Crippen LogP contribution in [0.15, 0.2) is 71.9 Å². The van der Waals surface area contributed by atoms with Crippen LogP contribution in [0, 0.1) is 0 Å². The molecule has 160 valence electrons. The number of aromatic nitrogens is 3. The van der Waals surface area contributed by atoms with Crippen LogP contribution in [-0.4, -0.2) is 29.4 Å². The highest BCUT2D eigenvalue weighted by molar-refractivity contribution is 7.92. The number of pyridine rings is 2. The number of anilines is 1. The van der Waals surface area contributed by atoms with Gasteiger partial charge in [0.2, 0.25) is 0 Å². The van der Waals surface area contributed by atoms with Crippen LogP contribution in [0.25, 0.3) is 16.8 Å². The van der Waals surface area contributed by atoms with Crippen molar-refractivity contribution in [3.05, 3.63) is 72.0 Å². The van der Waals surface area contributed by atoms with Gasteiger partial charge in [0.25, 0.3) is 10.0 Å². The summed E-state index contributed by atoms with van der Waals surface area (Å²) in [4.78, 5) is 3.77. The first-order valence-electron chi connectivity index (χ1n) is 8.60. The average molecular weight is 469 g/mol. The highest BCUT2D eigenvalue weighted by atomic mass is 35.5. The molecule has 4 aromatic rings. The third-order valence-electron chi connectivity index (χ3n) is 4.13. The molecule has 4 rings (SSSR count). The van der Waals surface area contributed by atoms with E-state index in [1.165, 1.54) is 16.6 Å². The molecule has 1 aromatic carbocycles. The topological polar surface area (TPSA) is 85.6 Å². The molecule has 0 radical (unpaired) electrons. The smallest absolute Gasteiger partial charge is 0.406 e. The number of sulfonamides is 1. The third kappa shape index (κ3) is 4.57. The molecule has 7 nitrogen and oxygen atoms in total. The van der Waals surface area contributed by atoms with E-state index in [1.807, 2.05) is 0 Å². The van der Waals surface area contributed by atoms with Gasteiger partial charge in [-0.1, -0.05) is 11.6 Å². The van der Waals surface area contributed by atoms with Crippen LogP contribution in [-0.2, 0) is 10.0 Å². The van der Waals surface area contributed by atoms with Crippen molar-refractivity contribution in [2.45, 2.75) is 11.3 Å². The van der Waals surface area contributed by atoms with Crippen LogP contribution in [0.5, 0.6) is 5.75 Å². The molecule has 31 heavy (non-hydrogen) atoms. The number of hydrogen-bond donors (Lipinski definition) is 1. The Morgan fingerprint density at radius 2 is 1.81 bits per heavy atom. The maximum Gasteiger partial charge on any atom is 0.573 e. The van der Waals surface area contributed by atoms with Crippen LogP contribution in [0.1, 0.15) is 0 Å². The van der Waals surface area contributed by atoms with Gasteiger partial charge in [-0.05, 0) is 54.6 Å². The number of alkyl halides is 3. The van der Waals surface area contributed by atoms with Crippen molar-refractivity contribution in [3.8, 4) is 17.0 Å². The van der Waals surface area contributed by atoms with E-state index in [1.54, 1.807) is 30.6 Å². The Kier molecular flexibility index (Phi) is 5.23. The number of halogens is 4. The summed E-state index contributed by atoms with van der Waals surface area (Å²) in [5.41, 5.74) is 1.68. The fraction of sp³-hybridized carbons (Fsp3) is 0.0526. The normalized spacial score (nSPS) is 12.1. The lowest BCUT2D eigenvalue weighted by Gasteiger charge is -2.12. The van der Waals surface area contributed by atoms with E-state index in [4.69, 9.17) is 11.6 Å². The van der Waals surface area contributed by atoms with Gasteiger partial charge in [0.1, 0.15) is 11.6 Å². The maximum absolute atomic E-state index is 12.7. The number of hydrogen-bond acceptors (Lipinski definition) is 5. The molecule has 0 atom stereocenters. The summed E-state index contributed by atoms with van der Waals surface area (Å²) in [6.45, 7) is 0. The Morgan fingerprint density at radius 1 is 1.06 bits per heavy atom. The van der Waals surface area contributed by atoms with Gasteiger partial charge in [-0.25, -0.2) is 12.9 Å². The summed E-state index contributed by atoms with van der Waals surface area (Å²) in [5.74, 6) is -0.446. The molecule has 3 aromatic heterocycles. The van der Waals surface area contributed by atoms with Crippen molar-refractivity contribution in [3.63, 3.8) is 0 Å². The van der Waals surface area contributed by atoms with Crippen molar-refractivity contribution in [1.29, 1.82) is 0 Å². The fourth-order valence-corrected chi connectivity index (χ4v) is 4.03. The summed E-state index contributed by atoms with van der Waals surface area (Å²) in [5, 5.41) is 4.74. The molecule has 0 aliphatic rings. The van der Waals surface area contributed by atoms with Crippen LogP contribution in [0.3, 0.4) is 0 Å². The van der Waals surface area contributed by atoms with Gasteiger partial charge < -0.3 is 4.74 Å². The molecule has 0 saturated carbocycles. The predicted octanol–water partition coefficient (Wildman–Crippen LogP) is 4.75. The number of rotatable bonds is 5. The van der Waals surface area contributed by atoms with Crippen molar-refractivity contribution in [2.24, 2.45) is 0 Å². The molecular weight excluding hydrogens is 457 g/mol. The van der Waals surface area contributed by atoms with E-state index < -0.39 is 22.1 Å². The van der Waals surface area contributed by atoms with Crippen molar-refractivity contribution >= 4 is 33.0 Å². The molecule has 0 unspecified atom stereocenters. The molecule has 0 amide bonds. The van der Waals surface area contributed by atoms with Crippen LogP contribution < -0.4 is 9.46 Å². The SMILES string of the molecule is O=S(=O)(Nc1ccc(Cl)c2cc(-c3cccnc3)nn12)c1ccc(OC(F)(F)F)cc1. The van der Waals surface area contributed by atoms with Gasteiger partial charge in [0.05, 0.1) is 21.1 Å². The van der Waals surface area contributed by atoms with E-state index >= 15 is 0 Å². The fourth-order valence-electron chi connectivity index (χ4n) is 2.79. The second-order valence-electron chi connectivity index (χ2n) is 6.26. The zero-order valence-corrected chi connectivity index (χ0v) is 16.9. The monoisotopic (exact) mass is 468 g/mol.